The second-order valence-electron chi connectivity index (χ2n) is 6.08. The number of aromatic nitrogens is 2. The second kappa shape index (κ2) is 8.22. The van der Waals surface area contributed by atoms with Gasteiger partial charge in [-0.1, -0.05) is 6.07 Å². The Balaban J connectivity index is 1.49. The molecule has 7 heteroatoms. The summed E-state index contributed by atoms with van der Waals surface area (Å²) in [6.45, 7) is 2.68. The first-order valence-corrected chi connectivity index (χ1v) is 8.28. The SMILES string of the molecule is N#Cc1ccc(NC(=O)NC2CCCN(Cc3cccnc3)C2)cn1. The van der Waals surface area contributed by atoms with E-state index in [1.165, 1.54) is 11.8 Å². The highest BCUT2D eigenvalue weighted by atomic mass is 16.2. The molecule has 3 rings (SSSR count). The maximum atomic E-state index is 12.2. The van der Waals surface area contributed by atoms with Gasteiger partial charge in [0, 0.05) is 31.5 Å². The second-order valence-corrected chi connectivity index (χ2v) is 6.08. The van der Waals surface area contributed by atoms with Crippen LogP contribution in [0.25, 0.3) is 0 Å². The lowest BCUT2D eigenvalue weighted by molar-refractivity contribution is 0.183. The van der Waals surface area contributed by atoms with Crippen LogP contribution in [0.2, 0.25) is 0 Å². The number of hydrogen-bond donors (Lipinski definition) is 2. The summed E-state index contributed by atoms with van der Waals surface area (Å²) < 4.78 is 0. The lowest BCUT2D eigenvalue weighted by Gasteiger charge is -2.33. The number of carbonyl (C=O) groups is 1. The van der Waals surface area contributed by atoms with E-state index in [9.17, 15) is 4.79 Å². The molecule has 0 aromatic carbocycles. The highest BCUT2D eigenvalue weighted by Gasteiger charge is 2.21. The van der Waals surface area contributed by atoms with E-state index in [0.717, 1.165) is 32.5 Å². The predicted octanol–water partition coefficient (Wildman–Crippen LogP) is 2.13. The van der Waals surface area contributed by atoms with Gasteiger partial charge in [-0.05, 0) is 43.1 Å². The van der Waals surface area contributed by atoms with Crippen molar-refractivity contribution in [2.45, 2.75) is 25.4 Å². The van der Waals surface area contributed by atoms with Gasteiger partial charge in [-0.15, -0.1) is 0 Å². The molecule has 1 fully saturated rings. The monoisotopic (exact) mass is 336 g/mol. The van der Waals surface area contributed by atoms with Gasteiger partial charge in [0.15, 0.2) is 0 Å². The number of nitrogens with zero attached hydrogens (tertiary/aromatic N) is 4. The van der Waals surface area contributed by atoms with Crippen LogP contribution in [0.15, 0.2) is 42.9 Å². The summed E-state index contributed by atoms with van der Waals surface area (Å²) in [5.74, 6) is 0. The van der Waals surface area contributed by atoms with Crippen LogP contribution < -0.4 is 10.6 Å². The molecule has 2 aromatic rings. The molecule has 2 N–H and O–H groups in total. The molecular weight excluding hydrogens is 316 g/mol. The first kappa shape index (κ1) is 16.9. The number of likely N-dealkylation sites (tertiary alicyclic amines) is 1. The lowest BCUT2D eigenvalue weighted by atomic mass is 10.1. The Morgan fingerprint density at radius 2 is 2.28 bits per heavy atom. The Kier molecular flexibility index (Phi) is 5.54. The highest BCUT2D eigenvalue weighted by Crippen LogP contribution is 2.14. The molecular formula is C18H20N6O. The fraction of sp³-hybridized carbons (Fsp3) is 0.333. The Hall–Kier alpha value is -2.98. The summed E-state index contributed by atoms with van der Waals surface area (Å²) in [5.41, 5.74) is 2.07. The van der Waals surface area contributed by atoms with Crippen molar-refractivity contribution < 1.29 is 4.79 Å². The largest absolute Gasteiger partial charge is 0.334 e. The number of nitrogens with one attached hydrogen (secondary N) is 2. The van der Waals surface area contributed by atoms with Gasteiger partial charge in [0.1, 0.15) is 11.8 Å². The number of amides is 2. The normalized spacial score (nSPS) is 17.5. The zero-order valence-corrected chi connectivity index (χ0v) is 13.9. The van der Waals surface area contributed by atoms with Crippen LogP contribution in [0.3, 0.4) is 0 Å². The summed E-state index contributed by atoms with van der Waals surface area (Å²) >= 11 is 0. The molecule has 1 atom stereocenters. The van der Waals surface area contributed by atoms with Crippen molar-refractivity contribution in [1.29, 1.82) is 5.26 Å². The maximum Gasteiger partial charge on any atom is 0.319 e. The number of hydrogen-bond acceptors (Lipinski definition) is 5. The lowest BCUT2D eigenvalue weighted by Crippen LogP contribution is -2.48. The molecule has 1 saturated heterocycles. The third-order valence-corrected chi connectivity index (χ3v) is 4.11. The standard InChI is InChI=1S/C18H20N6O/c19-9-15-5-6-16(11-21-15)22-18(25)23-17-4-2-8-24(13-17)12-14-3-1-7-20-10-14/h1,3,5-7,10-11,17H,2,4,8,12-13H2,(H2,22,23,25). The molecule has 0 radical (unpaired) electrons. The first-order valence-electron chi connectivity index (χ1n) is 8.28. The minimum absolute atomic E-state index is 0.108. The quantitative estimate of drug-likeness (QED) is 0.892. The van der Waals surface area contributed by atoms with Crippen LogP contribution in [0.1, 0.15) is 24.1 Å². The molecule has 128 valence electrons. The van der Waals surface area contributed by atoms with Crippen LogP contribution >= 0.6 is 0 Å². The Morgan fingerprint density at radius 1 is 1.36 bits per heavy atom. The molecule has 1 aliphatic rings. The number of rotatable bonds is 4. The number of pyridine rings is 2. The van der Waals surface area contributed by atoms with Crippen molar-refractivity contribution in [1.82, 2.24) is 20.2 Å². The topological polar surface area (TPSA) is 93.9 Å². The fourth-order valence-electron chi connectivity index (χ4n) is 2.95. The van der Waals surface area contributed by atoms with E-state index in [2.05, 4.69) is 31.6 Å². The van der Waals surface area contributed by atoms with Crippen LogP contribution in [0, 0.1) is 11.3 Å². The van der Waals surface area contributed by atoms with E-state index in [4.69, 9.17) is 5.26 Å². The van der Waals surface area contributed by atoms with Crippen molar-refractivity contribution in [2.24, 2.45) is 0 Å². The zero-order chi connectivity index (χ0) is 17.5. The molecule has 0 saturated carbocycles. The van der Waals surface area contributed by atoms with Crippen molar-refractivity contribution >= 4 is 11.7 Å². The number of urea groups is 1. The van der Waals surface area contributed by atoms with E-state index in [-0.39, 0.29) is 12.1 Å². The number of piperidine rings is 1. The Bertz CT molecular complexity index is 740. The van der Waals surface area contributed by atoms with Crippen LogP contribution in [-0.2, 0) is 6.54 Å². The van der Waals surface area contributed by atoms with Gasteiger partial charge < -0.3 is 10.6 Å². The Morgan fingerprint density at radius 3 is 3.00 bits per heavy atom. The smallest absolute Gasteiger partial charge is 0.319 e. The van der Waals surface area contributed by atoms with Gasteiger partial charge in [-0.25, -0.2) is 9.78 Å². The number of carbonyl (C=O) groups excluding carboxylic acids is 1. The third kappa shape index (κ3) is 4.99. The van der Waals surface area contributed by atoms with Crippen LogP contribution in [0.4, 0.5) is 10.5 Å². The van der Waals surface area contributed by atoms with Crippen molar-refractivity contribution in [3.8, 4) is 6.07 Å². The van der Waals surface area contributed by atoms with E-state index < -0.39 is 0 Å². The highest BCUT2D eigenvalue weighted by molar-refractivity contribution is 5.89. The third-order valence-electron chi connectivity index (χ3n) is 4.11. The molecule has 1 unspecified atom stereocenters. The molecule has 1 aliphatic heterocycles. The predicted molar refractivity (Wildman–Crippen MR) is 93.6 cm³/mol. The van der Waals surface area contributed by atoms with E-state index >= 15 is 0 Å². The van der Waals surface area contributed by atoms with Gasteiger partial charge in [0.05, 0.1) is 11.9 Å². The van der Waals surface area contributed by atoms with Gasteiger partial charge in [0.25, 0.3) is 0 Å². The summed E-state index contributed by atoms with van der Waals surface area (Å²) in [7, 11) is 0. The molecule has 7 nitrogen and oxygen atoms in total. The van der Waals surface area contributed by atoms with E-state index in [1.807, 2.05) is 18.3 Å². The molecule has 0 spiro atoms. The molecule has 2 aromatic heterocycles. The average Bonchev–Trinajstić information content (AvgIpc) is 2.63. The van der Waals surface area contributed by atoms with Gasteiger partial charge in [-0.3, -0.25) is 9.88 Å². The fourth-order valence-corrected chi connectivity index (χ4v) is 2.95. The first-order chi connectivity index (χ1) is 12.2. The summed E-state index contributed by atoms with van der Waals surface area (Å²) in [4.78, 5) is 22.6. The summed E-state index contributed by atoms with van der Waals surface area (Å²) in [6.07, 6.45) is 7.13. The molecule has 0 aliphatic carbocycles. The molecule has 2 amide bonds. The van der Waals surface area contributed by atoms with E-state index in [0.29, 0.717) is 11.4 Å². The summed E-state index contributed by atoms with van der Waals surface area (Å²) in [6, 6.07) is 9.05. The number of nitriles is 1. The molecule has 25 heavy (non-hydrogen) atoms. The van der Waals surface area contributed by atoms with Crippen LogP contribution in [-0.4, -0.2) is 40.0 Å². The molecule has 0 bridgehead atoms. The van der Waals surface area contributed by atoms with Crippen molar-refractivity contribution in [3.63, 3.8) is 0 Å². The zero-order valence-electron chi connectivity index (χ0n) is 13.9. The van der Waals surface area contributed by atoms with Gasteiger partial charge in [-0.2, -0.15) is 5.26 Å². The minimum atomic E-state index is -0.250. The average molecular weight is 336 g/mol. The molecule has 3 heterocycles. The summed E-state index contributed by atoms with van der Waals surface area (Å²) in [5, 5.41) is 14.5. The maximum absolute atomic E-state index is 12.2. The number of anilines is 1. The van der Waals surface area contributed by atoms with E-state index in [1.54, 1.807) is 18.3 Å². The van der Waals surface area contributed by atoms with Crippen molar-refractivity contribution in [2.75, 3.05) is 18.4 Å². The van der Waals surface area contributed by atoms with Gasteiger partial charge in [0.2, 0.25) is 0 Å². The van der Waals surface area contributed by atoms with Crippen molar-refractivity contribution in [3.05, 3.63) is 54.1 Å². The minimum Gasteiger partial charge on any atom is -0.334 e. The van der Waals surface area contributed by atoms with Crippen LogP contribution in [0.5, 0.6) is 0 Å². The van der Waals surface area contributed by atoms with Gasteiger partial charge >= 0.3 is 6.03 Å². The Labute approximate surface area is 146 Å².